The monoisotopic (exact) mass is 448 g/mol. The SMILES string of the molecule is Cc1ccc(S(=O)(=O)C2(O)c3cc(C4CCCCC4)ccc3N(C(N)=O)C2Cl)cc1. The topological polar surface area (TPSA) is 101 Å². The Hall–Kier alpha value is -2.09. The van der Waals surface area contributed by atoms with Gasteiger partial charge in [-0.1, -0.05) is 54.6 Å². The third kappa shape index (κ3) is 3.11. The lowest BCUT2D eigenvalue weighted by Gasteiger charge is -2.29. The molecule has 1 fully saturated rings. The van der Waals surface area contributed by atoms with E-state index in [2.05, 4.69) is 0 Å². The normalized spacial score (nSPS) is 24.6. The van der Waals surface area contributed by atoms with Gasteiger partial charge in [0.2, 0.25) is 14.8 Å². The Morgan fingerprint density at radius 3 is 2.37 bits per heavy atom. The number of aliphatic hydroxyl groups is 1. The molecule has 1 aliphatic carbocycles. The number of urea groups is 1. The summed E-state index contributed by atoms with van der Waals surface area (Å²) in [5.74, 6) is 0.284. The number of carbonyl (C=O) groups is 1. The van der Waals surface area contributed by atoms with E-state index in [0.29, 0.717) is 0 Å². The van der Waals surface area contributed by atoms with Crippen LogP contribution in [0.1, 0.15) is 54.7 Å². The average Bonchev–Trinajstić information content (AvgIpc) is 2.97. The Kier molecular flexibility index (Phi) is 5.33. The summed E-state index contributed by atoms with van der Waals surface area (Å²) >= 11 is 6.45. The van der Waals surface area contributed by atoms with Crippen LogP contribution in [0.25, 0.3) is 0 Å². The van der Waals surface area contributed by atoms with E-state index in [9.17, 15) is 18.3 Å². The minimum absolute atomic E-state index is 0.0680. The van der Waals surface area contributed by atoms with E-state index in [1.165, 1.54) is 18.6 Å². The van der Waals surface area contributed by atoms with Crippen LogP contribution in [0.3, 0.4) is 0 Å². The number of fused-ring (bicyclic) bond motifs is 1. The van der Waals surface area contributed by atoms with Crippen LogP contribution in [-0.4, -0.2) is 25.1 Å². The molecule has 2 unspecified atom stereocenters. The lowest BCUT2D eigenvalue weighted by atomic mass is 9.83. The van der Waals surface area contributed by atoms with Crippen molar-refractivity contribution in [3.63, 3.8) is 0 Å². The van der Waals surface area contributed by atoms with Crippen molar-refractivity contribution in [2.45, 2.75) is 60.3 Å². The zero-order valence-electron chi connectivity index (χ0n) is 16.7. The molecule has 1 saturated carbocycles. The van der Waals surface area contributed by atoms with Gasteiger partial charge in [0.05, 0.1) is 10.6 Å². The summed E-state index contributed by atoms with van der Waals surface area (Å²) in [5, 5.41) is 11.6. The van der Waals surface area contributed by atoms with E-state index < -0.39 is 26.3 Å². The molecule has 2 atom stereocenters. The van der Waals surface area contributed by atoms with E-state index in [1.54, 1.807) is 24.3 Å². The van der Waals surface area contributed by atoms with Crippen molar-refractivity contribution in [2.24, 2.45) is 5.73 Å². The van der Waals surface area contributed by atoms with Gasteiger partial charge in [-0.2, -0.15) is 0 Å². The summed E-state index contributed by atoms with van der Waals surface area (Å²) in [6, 6.07) is 10.5. The third-order valence-electron chi connectivity index (χ3n) is 6.27. The number of hydrogen-bond acceptors (Lipinski definition) is 4. The fourth-order valence-corrected chi connectivity index (χ4v) is 6.91. The molecule has 0 spiro atoms. The minimum Gasteiger partial charge on any atom is -0.368 e. The summed E-state index contributed by atoms with van der Waals surface area (Å²) in [7, 11) is -4.36. The van der Waals surface area contributed by atoms with Crippen LogP contribution in [0, 0.1) is 6.92 Å². The molecule has 1 heterocycles. The maximum atomic E-state index is 13.6. The fourth-order valence-electron chi connectivity index (χ4n) is 4.57. The van der Waals surface area contributed by atoms with Gasteiger partial charge < -0.3 is 10.8 Å². The second-order valence-electron chi connectivity index (χ2n) is 8.17. The van der Waals surface area contributed by atoms with Gasteiger partial charge in [-0.15, -0.1) is 0 Å². The zero-order chi connectivity index (χ0) is 21.7. The van der Waals surface area contributed by atoms with Crippen molar-refractivity contribution in [3.05, 3.63) is 59.2 Å². The molecule has 3 N–H and O–H groups in total. The molecule has 2 aromatic rings. The number of amides is 2. The van der Waals surface area contributed by atoms with Crippen molar-refractivity contribution >= 4 is 33.2 Å². The molecule has 2 amide bonds. The van der Waals surface area contributed by atoms with Gasteiger partial charge in [-0.25, -0.2) is 13.2 Å². The molecule has 4 rings (SSSR count). The highest BCUT2D eigenvalue weighted by Gasteiger charge is 2.60. The van der Waals surface area contributed by atoms with E-state index >= 15 is 0 Å². The van der Waals surface area contributed by atoms with E-state index in [0.717, 1.165) is 41.7 Å². The van der Waals surface area contributed by atoms with Crippen LogP contribution >= 0.6 is 11.6 Å². The number of hydrogen-bond donors (Lipinski definition) is 2. The number of aryl methyl sites for hydroxylation is 1. The van der Waals surface area contributed by atoms with E-state index in [-0.39, 0.29) is 22.1 Å². The van der Waals surface area contributed by atoms with Crippen molar-refractivity contribution in [1.82, 2.24) is 0 Å². The molecule has 6 nitrogen and oxygen atoms in total. The highest BCUT2D eigenvalue weighted by atomic mass is 35.5. The number of nitrogens with two attached hydrogens (primary N) is 1. The van der Waals surface area contributed by atoms with Gasteiger partial charge >= 0.3 is 6.03 Å². The second kappa shape index (κ2) is 7.55. The number of anilines is 1. The Balaban J connectivity index is 1.90. The van der Waals surface area contributed by atoms with Crippen LogP contribution in [-0.2, 0) is 14.8 Å². The molecule has 2 aromatic carbocycles. The van der Waals surface area contributed by atoms with Crippen LogP contribution in [0.2, 0.25) is 0 Å². The van der Waals surface area contributed by atoms with Crippen LogP contribution in [0.15, 0.2) is 47.4 Å². The fraction of sp³-hybridized carbons (Fsp3) is 0.409. The maximum Gasteiger partial charge on any atom is 0.320 e. The Labute approximate surface area is 181 Å². The molecular formula is C22H25ClN2O4S. The lowest BCUT2D eigenvalue weighted by Crippen LogP contribution is -2.50. The lowest BCUT2D eigenvalue weighted by molar-refractivity contribution is 0.128. The third-order valence-corrected chi connectivity index (χ3v) is 9.07. The number of benzene rings is 2. The van der Waals surface area contributed by atoms with E-state index in [4.69, 9.17) is 17.3 Å². The van der Waals surface area contributed by atoms with Crippen molar-refractivity contribution in [2.75, 3.05) is 4.90 Å². The van der Waals surface area contributed by atoms with Gasteiger partial charge in [-0.05, 0) is 55.5 Å². The van der Waals surface area contributed by atoms with Crippen molar-refractivity contribution in [3.8, 4) is 0 Å². The first-order valence-corrected chi connectivity index (χ1v) is 12.0. The number of carbonyl (C=O) groups excluding carboxylic acids is 1. The first-order chi connectivity index (χ1) is 14.2. The van der Waals surface area contributed by atoms with Gasteiger partial charge in [0.1, 0.15) is 0 Å². The molecule has 30 heavy (non-hydrogen) atoms. The number of nitrogens with zero attached hydrogens (tertiary/aromatic N) is 1. The standard InChI is InChI=1S/C22H25ClN2O4S/c1-14-7-10-17(11-8-14)30(28,29)22(27)18-13-16(15-5-3-2-4-6-15)9-12-19(18)25(20(22)23)21(24)26/h7-13,15,20,27H,2-6H2,1H3,(H2,24,26). The Morgan fingerprint density at radius 1 is 1.13 bits per heavy atom. The molecule has 0 saturated heterocycles. The quantitative estimate of drug-likeness (QED) is 0.544. The highest BCUT2D eigenvalue weighted by Crippen LogP contribution is 2.51. The van der Waals surface area contributed by atoms with Gasteiger partial charge in [0.25, 0.3) is 0 Å². The van der Waals surface area contributed by atoms with Crippen molar-refractivity contribution < 1.29 is 18.3 Å². The molecule has 8 heteroatoms. The number of primary amides is 1. The molecule has 0 radical (unpaired) electrons. The van der Waals surface area contributed by atoms with Crippen LogP contribution in [0.4, 0.5) is 10.5 Å². The summed E-state index contributed by atoms with van der Waals surface area (Å²) < 4.78 is 27.2. The summed E-state index contributed by atoms with van der Waals surface area (Å²) in [5.41, 5.74) is 6.07. The molecule has 1 aliphatic heterocycles. The summed E-state index contributed by atoms with van der Waals surface area (Å²) in [6.07, 6.45) is 5.42. The molecular weight excluding hydrogens is 424 g/mol. The molecule has 2 aliphatic rings. The van der Waals surface area contributed by atoms with Gasteiger partial charge in [0, 0.05) is 5.56 Å². The minimum atomic E-state index is -4.36. The highest BCUT2D eigenvalue weighted by molar-refractivity contribution is 7.92. The first-order valence-electron chi connectivity index (χ1n) is 10.1. The summed E-state index contributed by atoms with van der Waals surface area (Å²) in [6.45, 7) is 1.84. The predicted octanol–water partition coefficient (Wildman–Crippen LogP) is 4.13. The van der Waals surface area contributed by atoms with E-state index in [1.807, 2.05) is 13.0 Å². The Bertz CT molecular complexity index is 1080. The van der Waals surface area contributed by atoms with Crippen molar-refractivity contribution in [1.29, 1.82) is 0 Å². The molecule has 160 valence electrons. The average molecular weight is 449 g/mol. The second-order valence-corrected chi connectivity index (χ2v) is 10.7. The van der Waals surface area contributed by atoms with Crippen LogP contribution in [0.5, 0.6) is 0 Å². The Morgan fingerprint density at radius 2 is 1.77 bits per heavy atom. The first kappa shape index (κ1) is 21.2. The number of halogens is 1. The maximum absolute atomic E-state index is 13.6. The largest absolute Gasteiger partial charge is 0.368 e. The van der Waals surface area contributed by atoms with Gasteiger partial charge in [0.15, 0.2) is 5.50 Å². The predicted molar refractivity (Wildman–Crippen MR) is 116 cm³/mol. The number of rotatable bonds is 3. The number of alkyl halides is 1. The number of sulfone groups is 1. The smallest absolute Gasteiger partial charge is 0.320 e. The molecule has 0 aromatic heterocycles. The summed E-state index contributed by atoms with van der Waals surface area (Å²) in [4.78, 5) is 10.5. The molecule has 0 bridgehead atoms. The zero-order valence-corrected chi connectivity index (χ0v) is 18.3. The van der Waals surface area contributed by atoms with Crippen LogP contribution < -0.4 is 10.6 Å². The van der Waals surface area contributed by atoms with Gasteiger partial charge in [-0.3, -0.25) is 4.90 Å².